The van der Waals surface area contributed by atoms with Crippen molar-refractivity contribution in [1.29, 1.82) is 0 Å². The molecular weight excluding hydrogens is 269 g/mol. The fourth-order valence-corrected chi connectivity index (χ4v) is 3.43. The molecule has 1 aliphatic carbocycles. The van der Waals surface area contributed by atoms with Crippen LogP contribution in [0.3, 0.4) is 0 Å². The first-order valence-corrected chi connectivity index (χ1v) is 7.01. The van der Waals surface area contributed by atoms with Gasteiger partial charge in [0.25, 0.3) is 0 Å². The van der Waals surface area contributed by atoms with E-state index in [1.54, 1.807) is 6.07 Å². The predicted octanol–water partition coefficient (Wildman–Crippen LogP) is 3.71. The Bertz CT molecular complexity index is 407. The minimum Gasteiger partial charge on any atom is -0.366 e. The molecule has 86 valence electrons. The summed E-state index contributed by atoms with van der Waals surface area (Å²) in [5.74, 6) is 0.741. The summed E-state index contributed by atoms with van der Waals surface area (Å²) in [7, 11) is 0. The molecule has 3 rings (SSSR count). The maximum atomic E-state index is 14.0. The molecule has 2 fully saturated rings. The highest BCUT2D eigenvalue weighted by Gasteiger charge is 2.38. The van der Waals surface area contributed by atoms with Crippen molar-refractivity contribution < 1.29 is 4.39 Å². The Morgan fingerprint density at radius 1 is 1.38 bits per heavy atom. The van der Waals surface area contributed by atoms with Crippen molar-refractivity contribution in [1.82, 2.24) is 0 Å². The van der Waals surface area contributed by atoms with Crippen LogP contribution in [0.4, 0.5) is 10.1 Å². The highest BCUT2D eigenvalue weighted by molar-refractivity contribution is 9.08. The van der Waals surface area contributed by atoms with Crippen LogP contribution in [0.2, 0.25) is 0 Å². The van der Waals surface area contributed by atoms with Gasteiger partial charge in [0.15, 0.2) is 0 Å². The second-order valence-electron chi connectivity index (χ2n) is 4.90. The number of hydrogen-bond acceptors (Lipinski definition) is 1. The number of hydrogen-bond donors (Lipinski definition) is 0. The van der Waals surface area contributed by atoms with Crippen molar-refractivity contribution in [2.24, 2.45) is 5.92 Å². The molecule has 1 nitrogen and oxygen atoms in total. The summed E-state index contributed by atoms with van der Waals surface area (Å²) in [6.07, 6.45) is 3.84. The maximum Gasteiger partial charge on any atom is 0.146 e. The summed E-state index contributed by atoms with van der Waals surface area (Å²) in [5, 5.41) is 0.719. The van der Waals surface area contributed by atoms with E-state index < -0.39 is 0 Å². The van der Waals surface area contributed by atoms with E-state index in [1.807, 2.05) is 12.1 Å². The quantitative estimate of drug-likeness (QED) is 0.748. The second-order valence-corrected chi connectivity index (χ2v) is 5.47. The van der Waals surface area contributed by atoms with Gasteiger partial charge in [0.1, 0.15) is 5.82 Å². The zero-order valence-electron chi connectivity index (χ0n) is 9.13. The number of benzene rings is 1. The van der Waals surface area contributed by atoms with Crippen LogP contribution in [0.1, 0.15) is 24.8 Å². The molecular formula is C13H15BrFN. The van der Waals surface area contributed by atoms with Gasteiger partial charge in [-0.05, 0) is 42.9 Å². The normalized spacial score (nSPS) is 27.8. The van der Waals surface area contributed by atoms with Crippen molar-refractivity contribution in [3.8, 4) is 0 Å². The third kappa shape index (κ3) is 1.65. The molecule has 1 saturated carbocycles. The molecule has 1 aromatic carbocycles. The Labute approximate surface area is 104 Å². The standard InChI is InChI=1S/C13H15BrFN/c14-7-9-2-4-13(12(15)6-9)16-8-10-1-3-11(16)5-10/h2,4,6,10-11H,1,3,5,7-8H2. The number of rotatable bonds is 2. The van der Waals surface area contributed by atoms with Gasteiger partial charge >= 0.3 is 0 Å². The molecule has 2 unspecified atom stereocenters. The second kappa shape index (κ2) is 4.02. The van der Waals surface area contributed by atoms with Gasteiger partial charge < -0.3 is 4.90 Å². The van der Waals surface area contributed by atoms with Gasteiger partial charge in [-0.1, -0.05) is 22.0 Å². The first-order chi connectivity index (χ1) is 7.78. The lowest BCUT2D eigenvalue weighted by atomic mass is 10.1. The van der Waals surface area contributed by atoms with E-state index >= 15 is 0 Å². The minimum atomic E-state index is -0.0653. The number of halogens is 2. The summed E-state index contributed by atoms with van der Waals surface area (Å²) in [6.45, 7) is 1.05. The smallest absolute Gasteiger partial charge is 0.146 e. The zero-order valence-corrected chi connectivity index (χ0v) is 10.7. The Kier molecular flexibility index (Phi) is 2.66. The highest BCUT2D eigenvalue weighted by atomic mass is 79.9. The Morgan fingerprint density at radius 3 is 2.81 bits per heavy atom. The lowest BCUT2D eigenvalue weighted by Gasteiger charge is -2.29. The fourth-order valence-electron chi connectivity index (χ4n) is 3.09. The number of alkyl halides is 1. The lowest BCUT2D eigenvalue weighted by molar-refractivity contribution is 0.540. The summed E-state index contributed by atoms with van der Waals surface area (Å²) in [4.78, 5) is 2.27. The maximum absolute atomic E-state index is 14.0. The van der Waals surface area contributed by atoms with Crippen LogP contribution in [0.5, 0.6) is 0 Å². The fraction of sp³-hybridized carbons (Fsp3) is 0.538. The van der Waals surface area contributed by atoms with Crippen molar-refractivity contribution in [3.63, 3.8) is 0 Å². The molecule has 0 radical (unpaired) electrons. The summed E-state index contributed by atoms with van der Waals surface area (Å²) >= 11 is 3.35. The number of fused-ring (bicyclic) bond motifs is 2. The van der Waals surface area contributed by atoms with Crippen LogP contribution in [-0.2, 0) is 5.33 Å². The van der Waals surface area contributed by atoms with Crippen LogP contribution >= 0.6 is 15.9 Å². The number of nitrogens with zero attached hydrogens (tertiary/aromatic N) is 1. The monoisotopic (exact) mass is 283 g/mol. The van der Waals surface area contributed by atoms with Crippen molar-refractivity contribution in [2.75, 3.05) is 11.4 Å². The molecule has 0 N–H and O–H groups in total. The summed E-state index contributed by atoms with van der Waals surface area (Å²) in [5.41, 5.74) is 1.81. The molecule has 0 aromatic heterocycles. The summed E-state index contributed by atoms with van der Waals surface area (Å²) < 4.78 is 14.0. The third-order valence-corrected chi connectivity index (χ3v) is 4.53. The van der Waals surface area contributed by atoms with Gasteiger partial charge in [-0.15, -0.1) is 0 Å². The Morgan fingerprint density at radius 2 is 2.25 bits per heavy atom. The molecule has 0 spiro atoms. The molecule has 2 bridgehead atoms. The number of piperidine rings is 1. The van der Waals surface area contributed by atoms with Gasteiger partial charge in [-0.25, -0.2) is 4.39 Å². The molecule has 2 aliphatic rings. The van der Waals surface area contributed by atoms with Crippen LogP contribution in [0, 0.1) is 11.7 Å². The Hall–Kier alpha value is -0.570. The average Bonchev–Trinajstić information content (AvgIpc) is 2.90. The van der Waals surface area contributed by atoms with Gasteiger partial charge in [0, 0.05) is 17.9 Å². The van der Waals surface area contributed by atoms with Crippen molar-refractivity contribution in [2.45, 2.75) is 30.6 Å². The van der Waals surface area contributed by atoms with Gasteiger partial charge in [-0.3, -0.25) is 0 Å². The van der Waals surface area contributed by atoms with Crippen LogP contribution < -0.4 is 4.90 Å². The molecule has 3 heteroatoms. The molecule has 1 heterocycles. The van der Waals surface area contributed by atoms with Gasteiger partial charge in [0.2, 0.25) is 0 Å². The molecule has 0 amide bonds. The number of anilines is 1. The largest absolute Gasteiger partial charge is 0.366 e. The summed E-state index contributed by atoms with van der Waals surface area (Å²) in [6, 6.07) is 6.19. The molecule has 1 aliphatic heterocycles. The van der Waals surface area contributed by atoms with E-state index in [1.165, 1.54) is 19.3 Å². The molecule has 2 atom stereocenters. The average molecular weight is 284 g/mol. The minimum absolute atomic E-state index is 0.0653. The van der Waals surface area contributed by atoms with E-state index in [0.717, 1.165) is 29.0 Å². The molecule has 1 aromatic rings. The third-order valence-electron chi connectivity index (χ3n) is 3.89. The van der Waals surface area contributed by atoms with E-state index in [4.69, 9.17) is 0 Å². The van der Waals surface area contributed by atoms with Crippen molar-refractivity contribution >= 4 is 21.6 Å². The van der Waals surface area contributed by atoms with Crippen LogP contribution in [0.15, 0.2) is 18.2 Å². The zero-order chi connectivity index (χ0) is 11.1. The van der Waals surface area contributed by atoms with Crippen LogP contribution in [0.25, 0.3) is 0 Å². The molecule has 1 saturated heterocycles. The first kappa shape index (κ1) is 10.6. The molecule has 16 heavy (non-hydrogen) atoms. The van der Waals surface area contributed by atoms with E-state index in [-0.39, 0.29) is 5.82 Å². The Balaban J connectivity index is 1.89. The predicted molar refractivity (Wildman–Crippen MR) is 67.5 cm³/mol. The van der Waals surface area contributed by atoms with E-state index in [9.17, 15) is 4.39 Å². The van der Waals surface area contributed by atoms with E-state index in [0.29, 0.717) is 6.04 Å². The topological polar surface area (TPSA) is 3.24 Å². The first-order valence-electron chi connectivity index (χ1n) is 5.89. The lowest BCUT2D eigenvalue weighted by Crippen LogP contribution is -2.32. The van der Waals surface area contributed by atoms with Gasteiger partial charge in [-0.2, -0.15) is 0 Å². The van der Waals surface area contributed by atoms with E-state index in [2.05, 4.69) is 20.8 Å². The van der Waals surface area contributed by atoms with Crippen molar-refractivity contribution in [3.05, 3.63) is 29.6 Å². The van der Waals surface area contributed by atoms with Crippen LogP contribution in [-0.4, -0.2) is 12.6 Å². The van der Waals surface area contributed by atoms with Gasteiger partial charge in [0.05, 0.1) is 5.69 Å². The highest BCUT2D eigenvalue weighted by Crippen LogP contribution is 2.41. The SMILES string of the molecule is Fc1cc(CBr)ccc1N1CC2CCC1C2.